The van der Waals surface area contributed by atoms with Crippen LogP contribution in [0.1, 0.15) is 37.6 Å². The van der Waals surface area contributed by atoms with Crippen molar-refractivity contribution in [3.8, 4) is 0 Å². The van der Waals surface area contributed by atoms with E-state index in [-0.39, 0.29) is 29.6 Å². The van der Waals surface area contributed by atoms with E-state index in [1.807, 2.05) is 9.80 Å². The number of esters is 1. The van der Waals surface area contributed by atoms with Gasteiger partial charge in [-0.1, -0.05) is 25.5 Å². The Labute approximate surface area is 158 Å². The molecule has 2 unspecified atom stereocenters. The third kappa shape index (κ3) is 5.20. The van der Waals surface area contributed by atoms with Gasteiger partial charge in [-0.2, -0.15) is 0 Å². The van der Waals surface area contributed by atoms with E-state index in [4.69, 9.17) is 4.74 Å². The number of carbonyl (C=O) groups is 2. The molecule has 0 N–H and O–H groups in total. The van der Waals surface area contributed by atoms with Crippen LogP contribution in [-0.4, -0.2) is 60.2 Å². The molecule has 1 aliphatic heterocycles. The molecule has 2 atom stereocenters. The van der Waals surface area contributed by atoms with Crippen molar-refractivity contribution in [1.29, 1.82) is 0 Å². The van der Waals surface area contributed by atoms with Crippen LogP contribution in [0.15, 0.2) is 24.3 Å². The minimum Gasteiger partial charge on any atom is -0.468 e. The Balaban J connectivity index is 2.08. The molecule has 7 heteroatoms. The van der Waals surface area contributed by atoms with Gasteiger partial charge in [-0.15, -0.1) is 11.8 Å². The number of amides is 1. The summed E-state index contributed by atoms with van der Waals surface area (Å²) in [6.07, 6.45) is 1.89. The molecule has 5 nitrogen and oxygen atoms in total. The van der Waals surface area contributed by atoms with Gasteiger partial charge in [0.05, 0.1) is 13.7 Å². The molecule has 144 valence electrons. The summed E-state index contributed by atoms with van der Waals surface area (Å²) < 4.78 is 18.0. The SMILES string of the molecule is CCCCN(CC(=O)N1CCSC1c1ccc(F)cc1)C(C)C(=O)OC. The number of carbonyl (C=O) groups excluding carboxylic acids is 2. The van der Waals surface area contributed by atoms with Crippen molar-refractivity contribution >= 4 is 23.6 Å². The Hall–Kier alpha value is -1.60. The monoisotopic (exact) mass is 382 g/mol. The smallest absolute Gasteiger partial charge is 0.322 e. The lowest BCUT2D eigenvalue weighted by Crippen LogP contribution is -2.47. The van der Waals surface area contributed by atoms with E-state index in [9.17, 15) is 14.0 Å². The zero-order chi connectivity index (χ0) is 19.1. The molecule has 0 aromatic heterocycles. The van der Waals surface area contributed by atoms with Gasteiger partial charge in [-0.3, -0.25) is 14.5 Å². The van der Waals surface area contributed by atoms with Crippen LogP contribution in [0.5, 0.6) is 0 Å². The molecule has 1 aromatic rings. The maximum Gasteiger partial charge on any atom is 0.322 e. The molecule has 1 heterocycles. The minimum atomic E-state index is -0.463. The number of hydrogen-bond donors (Lipinski definition) is 0. The zero-order valence-corrected chi connectivity index (χ0v) is 16.4. The number of benzene rings is 1. The lowest BCUT2D eigenvalue weighted by Gasteiger charge is -2.30. The third-order valence-corrected chi connectivity index (χ3v) is 5.85. The van der Waals surface area contributed by atoms with Gasteiger partial charge in [0, 0.05) is 12.3 Å². The quantitative estimate of drug-likeness (QED) is 0.647. The highest BCUT2D eigenvalue weighted by molar-refractivity contribution is 7.99. The van der Waals surface area contributed by atoms with Crippen LogP contribution in [0, 0.1) is 5.82 Å². The minimum absolute atomic E-state index is 0.0174. The Kier molecular flexibility index (Phi) is 7.90. The van der Waals surface area contributed by atoms with Gasteiger partial charge in [-0.25, -0.2) is 4.39 Å². The maximum absolute atomic E-state index is 13.2. The van der Waals surface area contributed by atoms with E-state index in [1.54, 1.807) is 30.8 Å². The fraction of sp³-hybridized carbons (Fsp3) is 0.579. The second-order valence-electron chi connectivity index (χ2n) is 6.38. The first kappa shape index (κ1) is 20.7. The zero-order valence-electron chi connectivity index (χ0n) is 15.6. The average Bonchev–Trinajstić information content (AvgIpc) is 3.14. The van der Waals surface area contributed by atoms with Crippen LogP contribution in [0.4, 0.5) is 4.39 Å². The summed E-state index contributed by atoms with van der Waals surface area (Å²) in [5, 5.41) is -0.107. The summed E-state index contributed by atoms with van der Waals surface area (Å²) in [6.45, 7) is 5.34. The van der Waals surface area contributed by atoms with Crippen LogP contribution in [0.25, 0.3) is 0 Å². The molecular weight excluding hydrogens is 355 g/mol. The summed E-state index contributed by atoms with van der Waals surface area (Å²) in [4.78, 5) is 28.5. The molecule has 2 rings (SSSR count). The number of hydrogen-bond acceptors (Lipinski definition) is 5. The fourth-order valence-electron chi connectivity index (χ4n) is 2.98. The molecule has 1 amide bonds. The van der Waals surface area contributed by atoms with Gasteiger partial charge in [0.15, 0.2) is 0 Å². The van der Waals surface area contributed by atoms with Crippen LogP contribution < -0.4 is 0 Å². The summed E-state index contributed by atoms with van der Waals surface area (Å²) >= 11 is 1.67. The molecule has 0 spiro atoms. The first-order valence-corrected chi connectivity index (χ1v) is 10.0. The van der Waals surface area contributed by atoms with Crippen molar-refractivity contribution in [2.45, 2.75) is 38.1 Å². The van der Waals surface area contributed by atoms with Crippen LogP contribution >= 0.6 is 11.8 Å². The standard InChI is InChI=1S/C19H27FN2O3S/c1-4-5-10-21(14(2)19(24)25-3)13-17(23)22-11-12-26-18(22)15-6-8-16(20)9-7-15/h6-9,14,18H,4-5,10-13H2,1-3H3. The Bertz CT molecular complexity index is 611. The molecule has 0 saturated carbocycles. The summed E-state index contributed by atoms with van der Waals surface area (Å²) in [7, 11) is 1.36. The van der Waals surface area contributed by atoms with Crippen molar-refractivity contribution < 1.29 is 18.7 Å². The molecule has 26 heavy (non-hydrogen) atoms. The van der Waals surface area contributed by atoms with E-state index in [2.05, 4.69) is 6.92 Å². The number of thioether (sulfide) groups is 1. The van der Waals surface area contributed by atoms with E-state index in [1.165, 1.54) is 19.2 Å². The summed E-state index contributed by atoms with van der Waals surface area (Å²) in [6, 6.07) is 5.83. The second kappa shape index (κ2) is 9.92. The van der Waals surface area contributed by atoms with Crippen LogP contribution in [0.2, 0.25) is 0 Å². The highest BCUT2D eigenvalue weighted by atomic mass is 32.2. The van der Waals surface area contributed by atoms with Gasteiger partial charge >= 0.3 is 5.97 Å². The number of nitrogens with zero attached hydrogens (tertiary/aromatic N) is 2. The summed E-state index contributed by atoms with van der Waals surface area (Å²) in [5.74, 6) is 0.207. The third-order valence-electron chi connectivity index (χ3n) is 4.59. The molecule has 1 aromatic carbocycles. The van der Waals surface area contributed by atoms with E-state index in [0.29, 0.717) is 13.1 Å². The Morgan fingerprint density at radius 2 is 2.08 bits per heavy atom. The number of halogens is 1. The highest BCUT2D eigenvalue weighted by Crippen LogP contribution is 2.37. The largest absolute Gasteiger partial charge is 0.468 e. The van der Waals surface area contributed by atoms with Crippen molar-refractivity contribution in [2.24, 2.45) is 0 Å². The van der Waals surface area contributed by atoms with Gasteiger partial charge in [-0.05, 0) is 37.6 Å². The predicted octanol–water partition coefficient (Wildman–Crippen LogP) is 3.06. The Morgan fingerprint density at radius 1 is 1.38 bits per heavy atom. The number of unbranched alkanes of at least 4 members (excludes halogenated alkanes) is 1. The number of ether oxygens (including phenoxy) is 1. The van der Waals surface area contributed by atoms with Gasteiger partial charge in [0.1, 0.15) is 17.2 Å². The first-order chi connectivity index (χ1) is 12.5. The molecule has 1 saturated heterocycles. The Morgan fingerprint density at radius 3 is 2.69 bits per heavy atom. The average molecular weight is 383 g/mol. The van der Waals surface area contributed by atoms with Crippen molar-refractivity contribution in [3.05, 3.63) is 35.6 Å². The van der Waals surface area contributed by atoms with E-state index < -0.39 is 6.04 Å². The highest BCUT2D eigenvalue weighted by Gasteiger charge is 2.33. The number of methoxy groups -OCH3 is 1. The normalized spacial score (nSPS) is 18.2. The van der Waals surface area contributed by atoms with Crippen LogP contribution in [-0.2, 0) is 14.3 Å². The van der Waals surface area contributed by atoms with Gasteiger partial charge < -0.3 is 9.64 Å². The predicted molar refractivity (Wildman–Crippen MR) is 101 cm³/mol. The van der Waals surface area contributed by atoms with E-state index >= 15 is 0 Å². The molecular formula is C19H27FN2O3S. The maximum atomic E-state index is 13.2. The molecule has 1 aliphatic rings. The topological polar surface area (TPSA) is 49.9 Å². The van der Waals surface area contributed by atoms with Gasteiger partial charge in [0.25, 0.3) is 0 Å². The van der Waals surface area contributed by atoms with Crippen molar-refractivity contribution in [3.63, 3.8) is 0 Å². The number of rotatable bonds is 8. The fourth-order valence-corrected chi connectivity index (χ4v) is 4.26. The second-order valence-corrected chi connectivity index (χ2v) is 7.57. The van der Waals surface area contributed by atoms with Crippen molar-refractivity contribution in [2.75, 3.05) is 32.5 Å². The lowest BCUT2D eigenvalue weighted by molar-refractivity contribution is -0.147. The molecule has 1 fully saturated rings. The van der Waals surface area contributed by atoms with E-state index in [0.717, 1.165) is 24.2 Å². The molecule has 0 radical (unpaired) electrons. The first-order valence-electron chi connectivity index (χ1n) is 8.96. The lowest BCUT2D eigenvalue weighted by atomic mass is 10.2. The van der Waals surface area contributed by atoms with Crippen LogP contribution in [0.3, 0.4) is 0 Å². The summed E-state index contributed by atoms with van der Waals surface area (Å²) in [5.41, 5.74) is 0.920. The molecule has 0 aliphatic carbocycles. The van der Waals surface area contributed by atoms with Gasteiger partial charge in [0.2, 0.25) is 5.91 Å². The molecule has 0 bridgehead atoms. The van der Waals surface area contributed by atoms with Crippen molar-refractivity contribution in [1.82, 2.24) is 9.80 Å².